The molecule has 2 rings (SSSR count). The normalized spacial score (nSPS) is 22.3. The molecule has 0 aliphatic carbocycles. The summed E-state index contributed by atoms with van der Waals surface area (Å²) in [5.41, 5.74) is 6.40. The molecule has 0 amide bonds. The molecule has 1 unspecified atom stereocenters. The van der Waals surface area contributed by atoms with Crippen LogP contribution in [-0.4, -0.2) is 30.5 Å². The van der Waals surface area contributed by atoms with Gasteiger partial charge in [-0.15, -0.1) is 0 Å². The second-order valence-corrected chi connectivity index (χ2v) is 9.49. The van der Waals surface area contributed by atoms with Gasteiger partial charge in [0.15, 0.2) is 0 Å². The van der Waals surface area contributed by atoms with E-state index in [9.17, 15) is 8.42 Å². The molecule has 1 aliphatic heterocycles. The zero-order chi connectivity index (χ0) is 15.5. The number of thiocarbonyl (C=S) groups is 1. The van der Waals surface area contributed by atoms with Gasteiger partial charge in [0, 0.05) is 17.7 Å². The van der Waals surface area contributed by atoms with Gasteiger partial charge in [-0.2, -0.15) is 11.8 Å². The molecule has 1 fully saturated rings. The van der Waals surface area contributed by atoms with Crippen LogP contribution >= 0.6 is 24.0 Å². The van der Waals surface area contributed by atoms with Gasteiger partial charge in [-0.05, 0) is 43.2 Å². The fraction of sp³-hybridized carbons (Fsp3) is 0.500. The Morgan fingerprint density at radius 1 is 1.43 bits per heavy atom. The Balaban J connectivity index is 2.03. The largest absolute Gasteiger partial charge is 0.393 e. The Kier molecular flexibility index (Phi) is 5.29. The number of benzene rings is 1. The third-order valence-corrected chi connectivity index (χ3v) is 6.65. The number of hydrogen-bond acceptors (Lipinski definition) is 4. The number of hydrogen-bond donors (Lipinski definition) is 2. The van der Waals surface area contributed by atoms with Gasteiger partial charge >= 0.3 is 0 Å². The molecule has 1 atom stereocenters. The Labute approximate surface area is 135 Å². The zero-order valence-electron chi connectivity index (χ0n) is 12.0. The average Bonchev–Trinajstić information content (AvgIpc) is 2.84. The minimum atomic E-state index is -3.46. The SMILES string of the molecule is CC1(CNS(=O)(=O)c2ccc(CC(N)=S)cc2)CCCS1. The monoisotopic (exact) mass is 344 g/mol. The van der Waals surface area contributed by atoms with Gasteiger partial charge in [0.25, 0.3) is 0 Å². The van der Waals surface area contributed by atoms with Crippen molar-refractivity contribution in [3.8, 4) is 0 Å². The lowest BCUT2D eigenvalue weighted by Crippen LogP contribution is -2.36. The topological polar surface area (TPSA) is 72.2 Å². The van der Waals surface area contributed by atoms with E-state index in [0.29, 0.717) is 18.0 Å². The van der Waals surface area contributed by atoms with Crippen molar-refractivity contribution in [3.05, 3.63) is 29.8 Å². The first kappa shape index (κ1) is 16.7. The summed E-state index contributed by atoms with van der Waals surface area (Å²) in [7, 11) is -3.46. The average molecular weight is 345 g/mol. The standard InChI is InChI=1S/C14H20N2O2S3/c1-14(7-2-8-20-14)10-16-21(17,18)12-5-3-11(4-6-12)9-13(15)19/h3-6,16H,2,7-10H2,1H3,(H2,15,19). The van der Waals surface area contributed by atoms with Crippen LogP contribution < -0.4 is 10.5 Å². The molecule has 3 N–H and O–H groups in total. The molecular formula is C14H20N2O2S3. The predicted octanol–water partition coefficient (Wildman–Crippen LogP) is 2.08. The van der Waals surface area contributed by atoms with Crippen molar-refractivity contribution in [2.45, 2.75) is 35.8 Å². The summed E-state index contributed by atoms with van der Waals surface area (Å²) in [6.07, 6.45) is 2.68. The van der Waals surface area contributed by atoms with E-state index in [1.807, 2.05) is 11.8 Å². The van der Waals surface area contributed by atoms with Crippen molar-refractivity contribution in [2.24, 2.45) is 5.73 Å². The number of sulfonamides is 1. The van der Waals surface area contributed by atoms with Crippen LogP contribution in [0.15, 0.2) is 29.2 Å². The van der Waals surface area contributed by atoms with E-state index in [-0.39, 0.29) is 9.64 Å². The molecule has 21 heavy (non-hydrogen) atoms. The van der Waals surface area contributed by atoms with Crippen molar-refractivity contribution < 1.29 is 8.42 Å². The molecule has 0 radical (unpaired) electrons. The first-order chi connectivity index (χ1) is 9.81. The molecule has 116 valence electrons. The van der Waals surface area contributed by atoms with E-state index in [2.05, 4.69) is 11.6 Å². The summed E-state index contributed by atoms with van der Waals surface area (Å²) in [6, 6.07) is 6.69. The molecule has 7 heteroatoms. The summed E-state index contributed by atoms with van der Waals surface area (Å²) in [4.78, 5) is 0.677. The highest BCUT2D eigenvalue weighted by Crippen LogP contribution is 2.37. The molecule has 0 spiro atoms. The van der Waals surface area contributed by atoms with E-state index < -0.39 is 10.0 Å². The third-order valence-electron chi connectivity index (χ3n) is 3.55. The third kappa shape index (κ3) is 4.67. The van der Waals surface area contributed by atoms with Crippen molar-refractivity contribution in [1.29, 1.82) is 0 Å². The van der Waals surface area contributed by atoms with Gasteiger partial charge in [-0.3, -0.25) is 0 Å². The number of rotatable bonds is 6. The minimum absolute atomic E-state index is 0.0126. The molecule has 1 aromatic carbocycles. The van der Waals surface area contributed by atoms with Crippen molar-refractivity contribution in [1.82, 2.24) is 4.72 Å². The minimum Gasteiger partial charge on any atom is -0.393 e. The number of thioether (sulfide) groups is 1. The molecule has 0 aromatic heterocycles. The van der Waals surface area contributed by atoms with Gasteiger partial charge < -0.3 is 5.73 Å². The Hall–Kier alpha value is -0.630. The Morgan fingerprint density at radius 3 is 2.62 bits per heavy atom. The molecule has 1 aromatic rings. The van der Waals surface area contributed by atoms with Gasteiger partial charge in [-0.1, -0.05) is 24.4 Å². The zero-order valence-corrected chi connectivity index (χ0v) is 14.4. The smallest absolute Gasteiger partial charge is 0.240 e. The summed E-state index contributed by atoms with van der Waals surface area (Å²) < 4.78 is 27.3. The fourth-order valence-corrected chi connectivity index (χ4v) is 4.97. The highest BCUT2D eigenvalue weighted by atomic mass is 32.2. The molecular weight excluding hydrogens is 324 g/mol. The van der Waals surface area contributed by atoms with E-state index in [1.54, 1.807) is 24.3 Å². The van der Waals surface area contributed by atoms with Crippen molar-refractivity contribution in [3.63, 3.8) is 0 Å². The first-order valence-electron chi connectivity index (χ1n) is 6.82. The van der Waals surface area contributed by atoms with Gasteiger partial charge in [0.2, 0.25) is 10.0 Å². The van der Waals surface area contributed by atoms with Crippen LogP contribution in [0, 0.1) is 0 Å². The Bertz CT molecular complexity index is 606. The summed E-state index contributed by atoms with van der Waals surface area (Å²) >= 11 is 6.68. The highest BCUT2D eigenvalue weighted by Gasteiger charge is 2.31. The van der Waals surface area contributed by atoms with E-state index in [1.165, 1.54) is 0 Å². The fourth-order valence-electron chi connectivity index (χ4n) is 2.29. The maximum absolute atomic E-state index is 12.3. The lowest BCUT2D eigenvalue weighted by atomic mass is 10.1. The quantitative estimate of drug-likeness (QED) is 0.773. The van der Waals surface area contributed by atoms with Crippen LogP contribution in [0.4, 0.5) is 0 Å². The van der Waals surface area contributed by atoms with Crippen LogP contribution in [0.3, 0.4) is 0 Å². The van der Waals surface area contributed by atoms with Crippen molar-refractivity contribution >= 4 is 39.0 Å². The Morgan fingerprint density at radius 2 is 2.10 bits per heavy atom. The molecule has 0 bridgehead atoms. The van der Waals surface area contributed by atoms with Crippen LogP contribution in [0.1, 0.15) is 25.3 Å². The second-order valence-electron chi connectivity index (χ2n) is 5.51. The summed E-state index contributed by atoms with van der Waals surface area (Å²) in [5, 5.41) is 0. The molecule has 1 saturated heterocycles. The van der Waals surface area contributed by atoms with Gasteiger partial charge in [0.05, 0.1) is 9.88 Å². The van der Waals surface area contributed by atoms with Crippen LogP contribution in [0.5, 0.6) is 0 Å². The summed E-state index contributed by atoms with van der Waals surface area (Å²) in [6.45, 7) is 2.58. The first-order valence-corrected chi connectivity index (χ1v) is 9.69. The number of nitrogens with two attached hydrogens (primary N) is 1. The van der Waals surface area contributed by atoms with Gasteiger partial charge in [-0.25, -0.2) is 13.1 Å². The maximum atomic E-state index is 12.3. The van der Waals surface area contributed by atoms with E-state index >= 15 is 0 Å². The van der Waals surface area contributed by atoms with Crippen molar-refractivity contribution in [2.75, 3.05) is 12.3 Å². The predicted molar refractivity (Wildman–Crippen MR) is 92.2 cm³/mol. The number of nitrogens with one attached hydrogen (secondary N) is 1. The van der Waals surface area contributed by atoms with E-state index in [0.717, 1.165) is 24.2 Å². The van der Waals surface area contributed by atoms with Crippen LogP contribution in [0.25, 0.3) is 0 Å². The van der Waals surface area contributed by atoms with E-state index in [4.69, 9.17) is 18.0 Å². The highest BCUT2D eigenvalue weighted by molar-refractivity contribution is 8.01. The maximum Gasteiger partial charge on any atom is 0.240 e. The van der Waals surface area contributed by atoms with Gasteiger partial charge in [0.1, 0.15) is 0 Å². The summed E-state index contributed by atoms with van der Waals surface area (Å²) in [5.74, 6) is 1.10. The second kappa shape index (κ2) is 6.64. The lowest BCUT2D eigenvalue weighted by molar-refractivity contribution is 0.552. The van der Waals surface area contributed by atoms with Crippen LogP contribution in [0.2, 0.25) is 0 Å². The molecule has 1 aliphatic rings. The molecule has 4 nitrogen and oxygen atoms in total. The molecule has 0 saturated carbocycles. The molecule has 1 heterocycles. The van der Waals surface area contributed by atoms with Crippen LogP contribution in [-0.2, 0) is 16.4 Å². The lowest BCUT2D eigenvalue weighted by Gasteiger charge is -2.22.